The maximum atomic E-state index is 12.1. The summed E-state index contributed by atoms with van der Waals surface area (Å²) < 4.78 is 5.09. The van der Waals surface area contributed by atoms with Gasteiger partial charge in [0.1, 0.15) is 11.5 Å². The molecule has 0 aliphatic heterocycles. The van der Waals surface area contributed by atoms with Gasteiger partial charge in [-0.15, -0.1) is 0 Å². The maximum Gasteiger partial charge on any atom is 0.271 e. The van der Waals surface area contributed by atoms with E-state index in [0.717, 1.165) is 10.8 Å². The molecule has 5 heteroatoms. The topological polar surface area (TPSA) is 70.9 Å². The van der Waals surface area contributed by atoms with Gasteiger partial charge in [0.05, 0.1) is 13.3 Å². The molecule has 0 aliphatic rings. The Balaban J connectivity index is 1.81. The van der Waals surface area contributed by atoms with E-state index < -0.39 is 0 Å². The molecule has 0 spiro atoms. The number of nitrogens with one attached hydrogen (secondary N) is 1. The summed E-state index contributed by atoms with van der Waals surface area (Å²) >= 11 is 0. The lowest BCUT2D eigenvalue weighted by molar-refractivity contribution is 0.0954. The number of phenolic OH excluding ortho intramolecular Hbond substituents is 1. The van der Waals surface area contributed by atoms with Crippen LogP contribution in [-0.2, 0) is 0 Å². The van der Waals surface area contributed by atoms with Crippen LogP contribution in [0.4, 0.5) is 0 Å². The summed E-state index contributed by atoms with van der Waals surface area (Å²) in [6, 6.07) is 17.9. The van der Waals surface area contributed by atoms with Gasteiger partial charge in [0, 0.05) is 11.1 Å². The molecule has 0 atom stereocenters. The van der Waals surface area contributed by atoms with Gasteiger partial charge < -0.3 is 9.84 Å². The Bertz CT molecular complexity index is 919. The average molecular weight is 320 g/mol. The van der Waals surface area contributed by atoms with E-state index in [1.807, 2.05) is 30.3 Å². The van der Waals surface area contributed by atoms with Crippen molar-refractivity contribution in [3.05, 3.63) is 71.8 Å². The van der Waals surface area contributed by atoms with Gasteiger partial charge in [0.15, 0.2) is 0 Å². The van der Waals surface area contributed by atoms with Gasteiger partial charge in [0.25, 0.3) is 5.91 Å². The molecule has 5 nitrogen and oxygen atoms in total. The van der Waals surface area contributed by atoms with Crippen LogP contribution in [0.1, 0.15) is 15.9 Å². The van der Waals surface area contributed by atoms with Crippen LogP contribution in [0.25, 0.3) is 10.8 Å². The standard InChI is InChI=1S/C19H16N2O3/c1-24-15-7-4-6-14(11-15)19(23)21-20-12-17-16-8-3-2-5-13(16)9-10-18(17)22/h2-12,22H,1H3,(H,21,23). The van der Waals surface area contributed by atoms with Crippen molar-refractivity contribution in [2.45, 2.75) is 0 Å². The molecule has 24 heavy (non-hydrogen) atoms. The first kappa shape index (κ1) is 15.6. The van der Waals surface area contributed by atoms with Crippen LogP contribution in [0.2, 0.25) is 0 Å². The van der Waals surface area contributed by atoms with Crippen LogP contribution in [0.5, 0.6) is 11.5 Å². The van der Waals surface area contributed by atoms with Crippen LogP contribution >= 0.6 is 0 Å². The number of rotatable bonds is 4. The zero-order valence-corrected chi connectivity index (χ0v) is 13.1. The number of ether oxygens (including phenoxy) is 1. The fourth-order valence-corrected chi connectivity index (χ4v) is 2.40. The van der Waals surface area contributed by atoms with Gasteiger partial charge in [0.2, 0.25) is 0 Å². The van der Waals surface area contributed by atoms with Crippen molar-refractivity contribution >= 4 is 22.9 Å². The Hall–Kier alpha value is -3.34. The predicted octanol–water partition coefficient (Wildman–Crippen LogP) is 3.32. The third-order valence-corrected chi connectivity index (χ3v) is 3.64. The van der Waals surface area contributed by atoms with E-state index >= 15 is 0 Å². The molecule has 0 bridgehead atoms. The smallest absolute Gasteiger partial charge is 0.271 e. The van der Waals surface area contributed by atoms with Crippen molar-refractivity contribution in [1.29, 1.82) is 0 Å². The molecule has 120 valence electrons. The van der Waals surface area contributed by atoms with Crippen LogP contribution in [0, 0.1) is 0 Å². The third-order valence-electron chi connectivity index (χ3n) is 3.64. The number of methoxy groups -OCH3 is 1. The summed E-state index contributed by atoms with van der Waals surface area (Å²) in [6.07, 6.45) is 1.44. The first-order chi connectivity index (χ1) is 11.7. The highest BCUT2D eigenvalue weighted by Crippen LogP contribution is 2.25. The Morgan fingerprint density at radius 1 is 1.12 bits per heavy atom. The second kappa shape index (κ2) is 6.83. The SMILES string of the molecule is COc1cccc(C(=O)NN=Cc2c(O)ccc3ccccc23)c1. The molecular weight excluding hydrogens is 304 g/mol. The van der Waals surface area contributed by atoms with Crippen molar-refractivity contribution in [2.24, 2.45) is 5.10 Å². The summed E-state index contributed by atoms with van der Waals surface area (Å²) in [5.74, 6) is 0.344. The molecular formula is C19H16N2O3. The van der Waals surface area contributed by atoms with E-state index in [-0.39, 0.29) is 11.7 Å². The largest absolute Gasteiger partial charge is 0.507 e. The van der Waals surface area contributed by atoms with Crippen molar-refractivity contribution in [3.63, 3.8) is 0 Å². The number of hydrogen-bond donors (Lipinski definition) is 2. The number of phenols is 1. The van der Waals surface area contributed by atoms with E-state index in [4.69, 9.17) is 4.74 Å². The normalized spacial score (nSPS) is 10.9. The highest BCUT2D eigenvalue weighted by atomic mass is 16.5. The molecule has 1 amide bonds. The molecule has 0 saturated heterocycles. The number of amides is 1. The van der Waals surface area contributed by atoms with Crippen LogP contribution in [-0.4, -0.2) is 24.3 Å². The molecule has 0 aliphatic carbocycles. The van der Waals surface area contributed by atoms with E-state index in [1.165, 1.54) is 6.21 Å². The average Bonchev–Trinajstić information content (AvgIpc) is 2.63. The zero-order valence-electron chi connectivity index (χ0n) is 13.1. The van der Waals surface area contributed by atoms with Crippen LogP contribution in [0.3, 0.4) is 0 Å². The van der Waals surface area contributed by atoms with Gasteiger partial charge in [-0.05, 0) is 35.0 Å². The number of hydrazone groups is 1. The molecule has 3 rings (SSSR count). The number of fused-ring (bicyclic) bond motifs is 1. The van der Waals surface area contributed by atoms with Crippen molar-refractivity contribution in [3.8, 4) is 11.5 Å². The molecule has 0 unspecified atom stereocenters. The number of carbonyl (C=O) groups excluding carboxylic acids is 1. The van der Waals surface area contributed by atoms with Crippen molar-refractivity contribution in [1.82, 2.24) is 5.43 Å². The molecule has 0 aromatic heterocycles. The summed E-state index contributed by atoms with van der Waals surface area (Å²) in [5.41, 5.74) is 3.45. The number of benzene rings is 3. The lowest BCUT2D eigenvalue weighted by Gasteiger charge is -2.05. The molecule has 3 aromatic carbocycles. The van der Waals surface area contributed by atoms with Crippen LogP contribution < -0.4 is 10.2 Å². The van der Waals surface area contributed by atoms with Gasteiger partial charge in [-0.2, -0.15) is 5.10 Å². The Morgan fingerprint density at radius 3 is 2.79 bits per heavy atom. The number of carbonyl (C=O) groups is 1. The van der Waals surface area contributed by atoms with Crippen molar-refractivity contribution in [2.75, 3.05) is 7.11 Å². The Kier molecular flexibility index (Phi) is 4.43. The quantitative estimate of drug-likeness (QED) is 0.572. The van der Waals surface area contributed by atoms with Gasteiger partial charge in [-0.3, -0.25) is 4.79 Å². The number of aromatic hydroxyl groups is 1. The molecule has 0 radical (unpaired) electrons. The lowest BCUT2D eigenvalue weighted by Crippen LogP contribution is -2.17. The van der Waals surface area contributed by atoms with E-state index in [9.17, 15) is 9.90 Å². The fraction of sp³-hybridized carbons (Fsp3) is 0.0526. The van der Waals surface area contributed by atoms with E-state index in [2.05, 4.69) is 10.5 Å². The lowest BCUT2D eigenvalue weighted by atomic mass is 10.0. The Morgan fingerprint density at radius 2 is 1.96 bits per heavy atom. The number of hydrogen-bond acceptors (Lipinski definition) is 4. The van der Waals surface area contributed by atoms with Gasteiger partial charge >= 0.3 is 0 Å². The molecule has 0 saturated carbocycles. The summed E-state index contributed by atoms with van der Waals surface area (Å²) in [6.45, 7) is 0. The zero-order chi connectivity index (χ0) is 16.9. The monoisotopic (exact) mass is 320 g/mol. The minimum Gasteiger partial charge on any atom is -0.507 e. The second-order valence-corrected chi connectivity index (χ2v) is 5.15. The molecule has 2 N–H and O–H groups in total. The molecule has 0 heterocycles. The Labute approximate surface area is 139 Å². The first-order valence-corrected chi connectivity index (χ1v) is 7.37. The minimum absolute atomic E-state index is 0.105. The van der Waals surface area contributed by atoms with Crippen LogP contribution in [0.15, 0.2) is 65.8 Å². The molecule has 0 fully saturated rings. The fourth-order valence-electron chi connectivity index (χ4n) is 2.40. The van der Waals surface area contributed by atoms with E-state index in [0.29, 0.717) is 16.9 Å². The summed E-state index contributed by atoms with van der Waals surface area (Å²) in [5, 5.41) is 15.8. The van der Waals surface area contributed by atoms with E-state index in [1.54, 1.807) is 37.4 Å². The van der Waals surface area contributed by atoms with Crippen molar-refractivity contribution < 1.29 is 14.6 Å². The highest BCUT2D eigenvalue weighted by Gasteiger charge is 2.07. The maximum absolute atomic E-state index is 12.1. The predicted molar refractivity (Wildman–Crippen MR) is 93.7 cm³/mol. The second-order valence-electron chi connectivity index (χ2n) is 5.15. The minimum atomic E-state index is -0.357. The van der Waals surface area contributed by atoms with Gasteiger partial charge in [-0.1, -0.05) is 36.4 Å². The molecule has 3 aromatic rings. The van der Waals surface area contributed by atoms with Gasteiger partial charge in [-0.25, -0.2) is 5.43 Å². The highest BCUT2D eigenvalue weighted by molar-refractivity contribution is 6.03. The number of nitrogens with zero attached hydrogens (tertiary/aromatic N) is 1. The third kappa shape index (κ3) is 3.20. The summed E-state index contributed by atoms with van der Waals surface area (Å²) in [4.78, 5) is 12.1. The first-order valence-electron chi connectivity index (χ1n) is 7.37. The summed E-state index contributed by atoms with van der Waals surface area (Å²) in [7, 11) is 1.54.